The van der Waals surface area contributed by atoms with E-state index in [0.29, 0.717) is 11.3 Å². The first-order valence-corrected chi connectivity index (χ1v) is 12.5. The van der Waals surface area contributed by atoms with Gasteiger partial charge in [-0.3, -0.25) is 14.5 Å². The molecule has 5 heterocycles. The number of oxime groups is 1. The van der Waals surface area contributed by atoms with Crippen LogP contribution in [0.2, 0.25) is 0 Å². The van der Waals surface area contributed by atoms with Crippen molar-refractivity contribution < 1.29 is 28.9 Å². The van der Waals surface area contributed by atoms with E-state index in [1.54, 1.807) is 17.9 Å². The number of imidazole rings is 1. The number of anilines is 1. The molecule has 2 aliphatic rings. The van der Waals surface area contributed by atoms with E-state index >= 15 is 0 Å². The molecule has 1 unspecified atom stereocenters. The van der Waals surface area contributed by atoms with E-state index in [4.69, 9.17) is 10.6 Å². The number of nitrogen functional groups attached to an aromatic ring is 1. The standard InChI is InChI=1S/C21H20N8O5S2/c1-27-9-23-11-3-4-28(6-13(11)27)5-10-7-35-19-15(18(31)29(19)16(10)20(32)33)25-17(30)14(26-34-2)12-8-36-21(22)24-12/h3-4,6,8-9,15,19H,5,7H2,1-2H3,(H3-,22,24,25,30,32,33)/t15?,19-/m0/s1. The number of fused-ring (bicyclic) bond motifs is 2. The second-order valence-corrected chi connectivity index (χ2v) is 10.0. The first kappa shape index (κ1) is 23.7. The lowest BCUT2D eigenvalue weighted by atomic mass is 10.0. The highest BCUT2D eigenvalue weighted by Crippen LogP contribution is 2.40. The maximum atomic E-state index is 13.0. The molecule has 15 heteroatoms. The number of carbonyl (C=O) groups excluding carboxylic acids is 3. The molecule has 2 amide bonds. The van der Waals surface area contributed by atoms with Gasteiger partial charge in [-0.25, -0.2) is 9.97 Å². The number of aromatic nitrogens is 4. The van der Waals surface area contributed by atoms with E-state index in [0.717, 1.165) is 22.4 Å². The van der Waals surface area contributed by atoms with Crippen LogP contribution >= 0.6 is 23.1 Å². The van der Waals surface area contributed by atoms with Gasteiger partial charge in [-0.1, -0.05) is 5.16 Å². The molecule has 1 fully saturated rings. The zero-order valence-corrected chi connectivity index (χ0v) is 20.7. The zero-order valence-electron chi connectivity index (χ0n) is 19.1. The number of β-lactam (4-membered cyclic amide) rings is 1. The molecule has 0 radical (unpaired) electrons. The molecule has 3 aromatic heterocycles. The predicted octanol–water partition coefficient (Wildman–Crippen LogP) is -1.65. The van der Waals surface area contributed by atoms with Crippen molar-refractivity contribution in [2.45, 2.75) is 18.0 Å². The Kier molecular flexibility index (Phi) is 6.09. The van der Waals surface area contributed by atoms with Crippen molar-refractivity contribution in [3.8, 4) is 0 Å². The number of carboxylic acid groups (broad SMARTS) is 1. The zero-order chi connectivity index (χ0) is 25.6. The van der Waals surface area contributed by atoms with Crippen molar-refractivity contribution in [3.63, 3.8) is 0 Å². The van der Waals surface area contributed by atoms with Crippen LogP contribution in [0.15, 0.2) is 46.6 Å². The number of nitrogens with one attached hydrogen (secondary N) is 1. The van der Waals surface area contributed by atoms with Gasteiger partial charge in [-0.2, -0.15) is 4.57 Å². The van der Waals surface area contributed by atoms with E-state index in [9.17, 15) is 19.5 Å². The van der Waals surface area contributed by atoms with Gasteiger partial charge in [0.05, 0.1) is 18.0 Å². The molecule has 0 aliphatic carbocycles. The van der Waals surface area contributed by atoms with Crippen molar-refractivity contribution in [2.75, 3.05) is 18.6 Å². The average molecular weight is 529 g/mol. The SMILES string of the molecule is CON=C(C(=O)NC1C(=O)N2C(C(=O)[O-])=C(C[n+]3ccc4ncn(C)c4c3)CS[C@@H]12)c1csc(N)n1. The summed E-state index contributed by atoms with van der Waals surface area (Å²) in [5, 5.41) is 19.6. The van der Waals surface area contributed by atoms with Crippen LogP contribution in [0.25, 0.3) is 11.0 Å². The number of carboxylic acids is 1. The molecule has 2 aliphatic heterocycles. The van der Waals surface area contributed by atoms with E-state index in [2.05, 4.69) is 20.4 Å². The summed E-state index contributed by atoms with van der Waals surface area (Å²) in [6.07, 6.45) is 5.36. The van der Waals surface area contributed by atoms with Crippen LogP contribution in [0.5, 0.6) is 0 Å². The van der Waals surface area contributed by atoms with E-state index < -0.39 is 29.2 Å². The first-order valence-electron chi connectivity index (χ1n) is 10.6. The third-order valence-electron chi connectivity index (χ3n) is 5.79. The van der Waals surface area contributed by atoms with E-state index in [1.165, 1.54) is 23.8 Å². The van der Waals surface area contributed by atoms with Crippen LogP contribution in [0, 0.1) is 0 Å². The Morgan fingerprint density at radius 2 is 2.25 bits per heavy atom. The largest absolute Gasteiger partial charge is 0.543 e. The molecular formula is C21H20N8O5S2. The summed E-state index contributed by atoms with van der Waals surface area (Å²) < 4.78 is 3.69. The van der Waals surface area contributed by atoms with Gasteiger partial charge in [-0.05, 0) is 0 Å². The number of nitrogens with two attached hydrogens (primary N) is 1. The van der Waals surface area contributed by atoms with Crippen LogP contribution in [0.3, 0.4) is 0 Å². The molecule has 13 nitrogen and oxygen atoms in total. The van der Waals surface area contributed by atoms with E-state index in [1.807, 2.05) is 28.4 Å². The molecule has 2 atom stereocenters. The number of amides is 2. The Labute approximate surface area is 212 Å². The number of thioether (sulfide) groups is 1. The maximum absolute atomic E-state index is 13.0. The predicted molar refractivity (Wildman–Crippen MR) is 128 cm³/mol. The van der Waals surface area contributed by atoms with Crippen molar-refractivity contribution in [2.24, 2.45) is 12.2 Å². The average Bonchev–Trinajstić information content (AvgIpc) is 3.45. The first-order chi connectivity index (χ1) is 17.3. The summed E-state index contributed by atoms with van der Waals surface area (Å²) >= 11 is 2.48. The molecule has 0 bridgehead atoms. The summed E-state index contributed by atoms with van der Waals surface area (Å²) in [7, 11) is 3.14. The third kappa shape index (κ3) is 4.05. The molecule has 3 N–H and O–H groups in total. The number of rotatable bonds is 7. The number of thiazole rings is 1. The van der Waals surface area contributed by atoms with E-state index in [-0.39, 0.29) is 28.8 Å². The van der Waals surface area contributed by atoms with Gasteiger partial charge in [0.1, 0.15) is 35.3 Å². The lowest BCUT2D eigenvalue weighted by molar-refractivity contribution is -0.687. The topological polar surface area (TPSA) is 172 Å². The molecule has 0 spiro atoms. The quantitative estimate of drug-likeness (QED) is 0.158. The molecule has 0 saturated carbocycles. The van der Waals surface area contributed by atoms with Crippen LogP contribution in [-0.2, 0) is 32.8 Å². The van der Waals surface area contributed by atoms with Crippen molar-refractivity contribution >= 4 is 62.8 Å². The normalized spacial score (nSPS) is 19.8. The second-order valence-electron chi connectivity index (χ2n) is 8.04. The summed E-state index contributed by atoms with van der Waals surface area (Å²) in [6, 6.07) is 0.887. The minimum absolute atomic E-state index is 0.143. The Bertz CT molecular complexity index is 1460. The van der Waals surface area contributed by atoms with Gasteiger partial charge < -0.3 is 30.4 Å². The summed E-state index contributed by atoms with van der Waals surface area (Å²) in [5.74, 6) is -2.36. The number of carbonyl (C=O) groups is 3. The van der Waals surface area contributed by atoms with Gasteiger partial charge in [0.15, 0.2) is 29.8 Å². The Morgan fingerprint density at radius 3 is 2.94 bits per heavy atom. The molecule has 5 rings (SSSR count). The van der Waals surface area contributed by atoms with Crippen molar-refractivity contribution in [1.29, 1.82) is 0 Å². The van der Waals surface area contributed by atoms with Gasteiger partial charge >= 0.3 is 0 Å². The number of hydrogen-bond donors (Lipinski definition) is 2. The Hall–Kier alpha value is -3.98. The summed E-state index contributed by atoms with van der Waals surface area (Å²) in [4.78, 5) is 52.2. The maximum Gasteiger partial charge on any atom is 0.276 e. The fourth-order valence-corrected chi connectivity index (χ4v) is 6.01. The summed E-state index contributed by atoms with van der Waals surface area (Å²) in [5.41, 5.74) is 7.76. The minimum atomic E-state index is -1.45. The fourth-order valence-electron chi connectivity index (χ4n) is 4.12. The molecule has 36 heavy (non-hydrogen) atoms. The van der Waals surface area contributed by atoms with Gasteiger partial charge in [0, 0.05) is 29.8 Å². The fraction of sp³-hybridized carbons (Fsp3) is 0.286. The Morgan fingerprint density at radius 1 is 1.44 bits per heavy atom. The molecule has 0 aromatic carbocycles. The second kappa shape index (κ2) is 9.23. The number of aryl methyl sites for hydroxylation is 1. The van der Waals surface area contributed by atoms with Crippen molar-refractivity contribution in [1.82, 2.24) is 24.8 Å². The number of hydrogen-bond acceptors (Lipinski definition) is 11. The highest BCUT2D eigenvalue weighted by atomic mass is 32.2. The smallest absolute Gasteiger partial charge is 0.276 e. The monoisotopic (exact) mass is 528 g/mol. The highest BCUT2D eigenvalue weighted by Gasteiger charge is 2.53. The lowest BCUT2D eigenvalue weighted by Crippen LogP contribution is -2.71. The third-order valence-corrected chi connectivity index (χ3v) is 7.80. The number of nitrogens with zero attached hydrogens (tertiary/aromatic N) is 6. The highest BCUT2D eigenvalue weighted by molar-refractivity contribution is 8.00. The van der Waals surface area contributed by atoms with Crippen molar-refractivity contribution in [3.05, 3.63) is 47.1 Å². The molecule has 1 saturated heterocycles. The lowest BCUT2D eigenvalue weighted by Gasteiger charge is -2.50. The molecular weight excluding hydrogens is 508 g/mol. The van der Waals surface area contributed by atoms with Crippen LogP contribution in [0.4, 0.5) is 5.13 Å². The molecule has 3 aromatic rings. The van der Waals surface area contributed by atoms with Crippen LogP contribution in [-0.4, -0.2) is 67.2 Å². The summed E-state index contributed by atoms with van der Waals surface area (Å²) in [6.45, 7) is 0.251. The minimum Gasteiger partial charge on any atom is -0.543 e. The Balaban J connectivity index is 1.36. The van der Waals surface area contributed by atoms with Gasteiger partial charge in [0.2, 0.25) is 0 Å². The van der Waals surface area contributed by atoms with Crippen LogP contribution < -0.4 is 20.7 Å². The van der Waals surface area contributed by atoms with Gasteiger partial charge in [-0.15, -0.1) is 23.1 Å². The molecule has 186 valence electrons. The van der Waals surface area contributed by atoms with Crippen LogP contribution in [0.1, 0.15) is 5.69 Å². The number of pyridine rings is 1. The number of aliphatic carboxylic acids is 1. The van der Waals surface area contributed by atoms with Gasteiger partial charge in [0.25, 0.3) is 11.8 Å².